The van der Waals surface area contributed by atoms with Crippen molar-refractivity contribution < 1.29 is 9.47 Å². The summed E-state index contributed by atoms with van der Waals surface area (Å²) < 4.78 is 13.1. The lowest BCUT2D eigenvalue weighted by Crippen LogP contribution is -2.29. The van der Waals surface area contributed by atoms with E-state index in [1.165, 1.54) is 360 Å². The Morgan fingerprint density at radius 2 is 0.264 bits per heavy atom. The van der Waals surface area contributed by atoms with Crippen molar-refractivity contribution in [1.29, 1.82) is 0 Å². The Bertz CT molecular complexity index is 5880. The van der Waals surface area contributed by atoms with Crippen molar-refractivity contribution in [2.24, 2.45) is 0 Å². The van der Waals surface area contributed by atoms with Gasteiger partial charge in [0.25, 0.3) is 0 Å². The summed E-state index contributed by atoms with van der Waals surface area (Å²) in [5.41, 5.74) is 38.9. The van der Waals surface area contributed by atoms with Crippen molar-refractivity contribution in [3.63, 3.8) is 0 Å². The lowest BCUT2D eigenvalue weighted by Gasteiger charge is -2.37. The van der Waals surface area contributed by atoms with Crippen molar-refractivity contribution in [3.8, 4) is 112 Å². The van der Waals surface area contributed by atoms with Crippen molar-refractivity contribution in [3.05, 3.63) is 455 Å². The lowest BCUT2D eigenvalue weighted by molar-refractivity contribution is 0.303. The molecule has 0 heterocycles. The minimum atomic E-state index is -0.397. The van der Waals surface area contributed by atoms with Crippen molar-refractivity contribution in [1.82, 2.24) is 0 Å². The number of benzene rings is 16. The van der Waals surface area contributed by atoms with Gasteiger partial charge in [-0.25, -0.2) is 0 Å². The zero-order chi connectivity index (χ0) is 99.3. The molecule has 6 fully saturated rings. The molecule has 2 nitrogen and oxygen atoms in total. The zero-order valence-electron chi connectivity index (χ0n) is 87.9. The minimum absolute atomic E-state index is 0.397. The van der Waals surface area contributed by atoms with Crippen LogP contribution in [0.3, 0.4) is 0 Å². The second-order valence-corrected chi connectivity index (χ2v) is 45.2. The zero-order valence-corrected chi connectivity index (χ0v) is 87.9. The van der Waals surface area contributed by atoms with Gasteiger partial charge >= 0.3 is 0 Å². The first kappa shape index (κ1) is 99.7. The maximum Gasteiger partial charge on any atom is 0.119 e. The summed E-state index contributed by atoms with van der Waals surface area (Å²) >= 11 is 0. The molecule has 6 aliphatic rings. The van der Waals surface area contributed by atoms with Crippen LogP contribution in [0.15, 0.2) is 388 Å². The molecule has 750 valence electrons. The highest BCUT2D eigenvalue weighted by Crippen LogP contribution is 2.51. The van der Waals surface area contributed by atoms with Crippen LogP contribution in [0.1, 0.15) is 359 Å². The summed E-state index contributed by atoms with van der Waals surface area (Å²) in [4.78, 5) is 0. The second-order valence-electron chi connectivity index (χ2n) is 45.2. The fourth-order valence-corrected chi connectivity index (χ4v) is 27.1. The number of rotatable bonds is 37. The molecule has 0 aliphatic heterocycles. The Balaban J connectivity index is 0.432. The topological polar surface area (TPSA) is 18.5 Å². The van der Waals surface area contributed by atoms with Gasteiger partial charge in [-0.1, -0.05) is 518 Å². The average Bonchev–Trinajstić information content (AvgIpc) is 0.747. The molecule has 22 rings (SSSR count). The van der Waals surface area contributed by atoms with E-state index in [4.69, 9.17) is 9.47 Å². The number of ether oxygens (including phenoxy) is 2. The number of hydrogen-bond acceptors (Lipinski definition) is 2. The molecule has 0 N–H and O–H groups in total. The maximum absolute atomic E-state index is 6.55. The van der Waals surface area contributed by atoms with Crippen molar-refractivity contribution >= 4 is 0 Å². The normalized spacial score (nSPS) is 16.1. The summed E-state index contributed by atoms with van der Waals surface area (Å²) in [6.45, 7) is 1.37. The van der Waals surface area contributed by atoms with Gasteiger partial charge in [0.05, 0.1) is 13.2 Å². The molecule has 0 spiro atoms. The quantitative estimate of drug-likeness (QED) is 0.0285. The Kier molecular flexibility index (Phi) is 32.8. The minimum Gasteiger partial charge on any atom is -0.494 e. The van der Waals surface area contributed by atoms with E-state index in [-0.39, 0.29) is 0 Å². The van der Waals surface area contributed by atoms with Crippen LogP contribution >= 0.6 is 0 Å². The second kappa shape index (κ2) is 48.6. The highest BCUT2D eigenvalue weighted by Gasteiger charge is 2.39. The molecule has 0 atom stereocenters. The van der Waals surface area contributed by atoms with Crippen LogP contribution in [-0.2, 0) is 10.8 Å². The molecule has 6 aliphatic carbocycles. The molecule has 0 saturated heterocycles. The van der Waals surface area contributed by atoms with Crippen LogP contribution in [0.25, 0.3) is 100 Å². The molecule has 0 unspecified atom stereocenters. The van der Waals surface area contributed by atoms with Gasteiger partial charge in [0, 0.05) is 10.8 Å². The van der Waals surface area contributed by atoms with Crippen LogP contribution < -0.4 is 9.47 Å². The largest absolute Gasteiger partial charge is 0.494 e. The number of hydrogen-bond donors (Lipinski definition) is 0. The van der Waals surface area contributed by atoms with Gasteiger partial charge in [0.2, 0.25) is 0 Å². The molecule has 0 radical (unpaired) electrons. The Morgan fingerprint density at radius 3 is 0.419 bits per heavy atom. The third-order valence-corrected chi connectivity index (χ3v) is 36.1. The van der Waals surface area contributed by atoms with E-state index in [2.05, 4.69) is 388 Å². The van der Waals surface area contributed by atoms with Gasteiger partial charge in [-0.3, -0.25) is 0 Å². The molecular weight excluding hydrogens is 1790 g/mol. The summed E-state index contributed by atoms with van der Waals surface area (Å²) in [6, 6.07) is 152. The molecule has 16 aromatic rings. The fraction of sp³-hybridized carbons (Fsp3) is 0.342. The van der Waals surface area contributed by atoms with Crippen LogP contribution in [0.4, 0.5) is 0 Å². The van der Waals surface area contributed by atoms with Gasteiger partial charge in [0.15, 0.2) is 0 Å². The summed E-state index contributed by atoms with van der Waals surface area (Å²) in [5, 5.41) is 0. The molecule has 6 saturated carbocycles. The third kappa shape index (κ3) is 23.7. The fourth-order valence-electron chi connectivity index (χ4n) is 27.1. The van der Waals surface area contributed by atoms with Gasteiger partial charge < -0.3 is 9.47 Å². The molecule has 0 amide bonds. The predicted molar refractivity (Wildman–Crippen MR) is 626 cm³/mol. The maximum atomic E-state index is 6.55. The van der Waals surface area contributed by atoms with Crippen molar-refractivity contribution in [2.75, 3.05) is 13.2 Å². The van der Waals surface area contributed by atoms with E-state index in [1.807, 2.05) is 0 Å². The molecule has 2 heteroatoms. The van der Waals surface area contributed by atoms with Crippen molar-refractivity contribution in [2.45, 2.75) is 303 Å². The predicted octanol–water partition coefficient (Wildman–Crippen LogP) is 41.7. The Hall–Kier alpha value is -12.9. The van der Waals surface area contributed by atoms with Gasteiger partial charge in [-0.2, -0.15) is 0 Å². The van der Waals surface area contributed by atoms with Crippen LogP contribution in [-0.4, -0.2) is 13.2 Å². The standard InChI is InChI=1S/C146H154O2/c1(23-103-145(137-87-71-129(72-88-137)121-51-39-113(40-52-121)107-27-11-5-12-28-107,138-89-73-130(74-90-138)122-53-41-114(42-54-122)108-29-13-6-14-30-108)139-91-75-131(76-92-139)123-55-43-115(44-56-123)109-31-15-7-16-32-109)3-25-105-147-143-99-83-135(84-100-143)127-67-63-119(64-68-127)120-65-69-128(70-66-120)136-85-101-144(102-86-136)148-106-26-4-2-24-104-146(140-93-77-132(78-94-140)124-57-45-116(46-58-124)110-33-17-8-18-34-110,141-95-79-133(80-96-141)125-59-47-117(48-60-125)111-35-19-9-20-36-111)142-97-81-134(82-98-142)126-61-49-118(50-62-126)112-37-21-10-22-38-112/h39-102,107-112H,1-38,103-106H2. The molecule has 0 aromatic heterocycles. The number of unbranched alkanes of at least 4 members (excludes halogenated alkanes) is 6. The first-order chi connectivity index (χ1) is 73.3. The Labute approximate surface area is 886 Å². The molecular formula is C146H154O2. The van der Waals surface area contributed by atoms with Gasteiger partial charge in [-0.05, 0) is 329 Å². The lowest BCUT2D eigenvalue weighted by atomic mass is 9.66. The van der Waals surface area contributed by atoms with E-state index in [0.717, 1.165) is 75.7 Å². The SMILES string of the molecule is c1cc(-c2ccc(-c3ccc(-c4ccc(OCCCCCCC(c5ccc(-c6ccc(C7CCCCC7)cc6)cc5)(c5ccc(-c6ccc(C7CCCCC7)cc6)cc5)c5ccc(-c6ccc(C7CCCCC7)cc6)cc5)cc4)cc3)cc2)ccc1OCCCCCCC(c1ccc(-c2ccc(C3CCCCC3)cc2)cc1)(c1ccc(-c2ccc(C3CCCCC3)cc2)cc1)c1ccc(-c2ccc(C3CCCCC3)cc2)cc1. The van der Waals surface area contributed by atoms with E-state index >= 15 is 0 Å². The highest BCUT2D eigenvalue weighted by atomic mass is 16.5. The third-order valence-electron chi connectivity index (χ3n) is 36.1. The van der Waals surface area contributed by atoms with Crippen LogP contribution in [0.2, 0.25) is 0 Å². The van der Waals surface area contributed by atoms with Crippen LogP contribution in [0, 0.1) is 0 Å². The summed E-state index contributed by atoms with van der Waals surface area (Å²) in [7, 11) is 0. The average molecular weight is 1940 g/mol. The monoisotopic (exact) mass is 1940 g/mol. The molecule has 16 aromatic carbocycles. The van der Waals surface area contributed by atoms with E-state index in [1.54, 1.807) is 0 Å². The van der Waals surface area contributed by atoms with E-state index in [9.17, 15) is 0 Å². The summed E-state index contributed by atoms with van der Waals surface area (Å²) in [6.07, 6.45) is 50.8. The van der Waals surface area contributed by atoms with Gasteiger partial charge in [-0.15, -0.1) is 0 Å². The van der Waals surface area contributed by atoms with Gasteiger partial charge in [0.1, 0.15) is 11.5 Å². The highest BCUT2D eigenvalue weighted by molar-refractivity contribution is 5.77. The first-order valence-corrected chi connectivity index (χ1v) is 58.2. The Morgan fingerprint density at radius 1 is 0.135 bits per heavy atom. The van der Waals surface area contributed by atoms with E-state index in [0.29, 0.717) is 48.7 Å². The molecule has 148 heavy (non-hydrogen) atoms. The van der Waals surface area contributed by atoms with Crippen LogP contribution in [0.5, 0.6) is 11.5 Å². The first-order valence-electron chi connectivity index (χ1n) is 58.2. The smallest absolute Gasteiger partial charge is 0.119 e. The van der Waals surface area contributed by atoms with E-state index < -0.39 is 10.8 Å². The summed E-state index contributed by atoms with van der Waals surface area (Å²) in [5.74, 6) is 6.00. The molecule has 0 bridgehead atoms.